The first-order valence-corrected chi connectivity index (χ1v) is 7.05. The summed E-state index contributed by atoms with van der Waals surface area (Å²) >= 11 is 0. The van der Waals surface area contributed by atoms with E-state index in [1.165, 1.54) is 0 Å². The number of hydrogen-bond acceptors (Lipinski definition) is 5. The van der Waals surface area contributed by atoms with Crippen LogP contribution in [0.1, 0.15) is 47.0 Å². The molecule has 0 atom stereocenters. The van der Waals surface area contributed by atoms with Crippen LogP contribution >= 0.6 is 0 Å². The van der Waals surface area contributed by atoms with Gasteiger partial charge in [0.15, 0.2) is 0 Å². The van der Waals surface area contributed by atoms with E-state index in [0.29, 0.717) is 26.1 Å². The Morgan fingerprint density at radius 1 is 1.15 bits per heavy atom. The van der Waals surface area contributed by atoms with Crippen LogP contribution in [0.2, 0.25) is 0 Å². The van der Waals surface area contributed by atoms with Crippen molar-refractivity contribution in [1.29, 1.82) is 0 Å². The van der Waals surface area contributed by atoms with Gasteiger partial charge in [0.2, 0.25) is 0 Å². The Labute approximate surface area is 120 Å². The molecule has 20 heavy (non-hydrogen) atoms. The largest absolute Gasteiger partial charge is 0.461 e. The Morgan fingerprint density at radius 3 is 2.30 bits per heavy atom. The van der Waals surface area contributed by atoms with Gasteiger partial charge in [0.05, 0.1) is 6.61 Å². The van der Waals surface area contributed by atoms with E-state index in [0.717, 1.165) is 6.42 Å². The van der Waals surface area contributed by atoms with Gasteiger partial charge in [-0.25, -0.2) is 9.59 Å². The van der Waals surface area contributed by atoms with Crippen LogP contribution in [0.3, 0.4) is 0 Å². The maximum atomic E-state index is 11.9. The number of nitrogens with one attached hydrogen (secondary N) is 1. The zero-order chi connectivity index (χ0) is 15.2. The third-order valence-corrected chi connectivity index (χ3v) is 2.69. The molecule has 0 aromatic heterocycles. The standard InChI is InChI=1S/C14H25NO5/c1-5-8-18-9-10-19-11(16)14(6-7-14)15-12(17)20-13(2,3)4/h5-10H2,1-4H3,(H,15,17). The molecular formula is C14H25NO5. The van der Waals surface area contributed by atoms with Crippen molar-refractivity contribution in [3.63, 3.8) is 0 Å². The van der Waals surface area contributed by atoms with E-state index in [1.54, 1.807) is 20.8 Å². The summed E-state index contributed by atoms with van der Waals surface area (Å²) in [5.74, 6) is -0.413. The summed E-state index contributed by atoms with van der Waals surface area (Å²) in [7, 11) is 0. The Morgan fingerprint density at radius 2 is 1.80 bits per heavy atom. The van der Waals surface area contributed by atoms with Gasteiger partial charge in [0.25, 0.3) is 0 Å². The Hall–Kier alpha value is -1.30. The second-order valence-corrected chi connectivity index (χ2v) is 5.96. The predicted octanol–water partition coefficient (Wildman–Crippen LogP) is 2.01. The highest BCUT2D eigenvalue weighted by atomic mass is 16.6. The van der Waals surface area contributed by atoms with E-state index in [-0.39, 0.29) is 6.61 Å². The molecule has 0 aromatic rings. The van der Waals surface area contributed by atoms with Gasteiger partial charge in [-0.2, -0.15) is 0 Å². The van der Waals surface area contributed by atoms with Crippen LogP contribution < -0.4 is 5.32 Å². The van der Waals surface area contributed by atoms with Crippen molar-refractivity contribution in [2.45, 2.75) is 58.1 Å². The van der Waals surface area contributed by atoms with Crippen LogP contribution in [0.5, 0.6) is 0 Å². The highest BCUT2D eigenvalue weighted by Crippen LogP contribution is 2.36. The fourth-order valence-electron chi connectivity index (χ4n) is 1.58. The van der Waals surface area contributed by atoms with Crippen molar-refractivity contribution in [2.24, 2.45) is 0 Å². The van der Waals surface area contributed by atoms with Crippen LogP contribution in [0.4, 0.5) is 4.79 Å². The molecule has 0 saturated heterocycles. The maximum Gasteiger partial charge on any atom is 0.408 e. The first-order valence-electron chi connectivity index (χ1n) is 7.05. The quantitative estimate of drug-likeness (QED) is 0.573. The second kappa shape index (κ2) is 6.92. The van der Waals surface area contributed by atoms with Crippen molar-refractivity contribution < 1.29 is 23.8 Å². The topological polar surface area (TPSA) is 73.9 Å². The minimum Gasteiger partial charge on any atom is -0.461 e. The zero-order valence-corrected chi connectivity index (χ0v) is 12.8. The van der Waals surface area contributed by atoms with Gasteiger partial charge in [-0.3, -0.25) is 0 Å². The summed E-state index contributed by atoms with van der Waals surface area (Å²) in [5, 5.41) is 2.60. The van der Waals surface area contributed by atoms with E-state index >= 15 is 0 Å². The molecule has 1 N–H and O–H groups in total. The predicted molar refractivity (Wildman–Crippen MR) is 73.4 cm³/mol. The monoisotopic (exact) mass is 287 g/mol. The number of ether oxygens (including phenoxy) is 3. The lowest BCUT2D eigenvalue weighted by Crippen LogP contribution is -2.46. The smallest absolute Gasteiger partial charge is 0.408 e. The number of carbonyl (C=O) groups excluding carboxylic acids is 2. The normalized spacial score (nSPS) is 16.4. The summed E-state index contributed by atoms with van der Waals surface area (Å²) in [4.78, 5) is 23.6. The molecule has 0 heterocycles. The van der Waals surface area contributed by atoms with Crippen LogP contribution in [-0.4, -0.2) is 43.0 Å². The number of esters is 1. The van der Waals surface area contributed by atoms with Crippen LogP contribution in [0.15, 0.2) is 0 Å². The van der Waals surface area contributed by atoms with Gasteiger partial charge in [0, 0.05) is 6.61 Å². The van der Waals surface area contributed by atoms with Gasteiger partial charge in [0.1, 0.15) is 17.7 Å². The summed E-state index contributed by atoms with van der Waals surface area (Å²) < 4.78 is 15.5. The highest BCUT2D eigenvalue weighted by Gasteiger charge is 2.53. The van der Waals surface area contributed by atoms with Gasteiger partial charge < -0.3 is 19.5 Å². The van der Waals surface area contributed by atoms with Crippen molar-refractivity contribution in [2.75, 3.05) is 19.8 Å². The van der Waals surface area contributed by atoms with Crippen molar-refractivity contribution >= 4 is 12.1 Å². The number of amides is 1. The highest BCUT2D eigenvalue weighted by molar-refractivity contribution is 5.88. The lowest BCUT2D eigenvalue weighted by Gasteiger charge is -2.22. The van der Waals surface area contributed by atoms with Gasteiger partial charge in [-0.05, 0) is 40.0 Å². The van der Waals surface area contributed by atoms with Gasteiger partial charge in [-0.15, -0.1) is 0 Å². The minimum absolute atomic E-state index is 0.205. The molecule has 0 radical (unpaired) electrons. The molecule has 0 bridgehead atoms. The van der Waals surface area contributed by atoms with Gasteiger partial charge in [-0.1, -0.05) is 6.92 Å². The van der Waals surface area contributed by atoms with E-state index < -0.39 is 23.2 Å². The number of carbonyl (C=O) groups is 2. The average Bonchev–Trinajstić information content (AvgIpc) is 3.06. The average molecular weight is 287 g/mol. The van der Waals surface area contributed by atoms with Crippen LogP contribution in [0.25, 0.3) is 0 Å². The molecule has 0 spiro atoms. The molecule has 116 valence electrons. The first kappa shape index (κ1) is 16.8. The third kappa shape index (κ3) is 5.77. The zero-order valence-electron chi connectivity index (χ0n) is 12.8. The molecule has 1 aliphatic carbocycles. The Balaban J connectivity index is 2.30. The SMILES string of the molecule is CCCOCCOC(=O)C1(NC(=O)OC(C)(C)C)CC1. The molecular weight excluding hydrogens is 262 g/mol. The molecule has 0 aromatic carbocycles. The fraction of sp³-hybridized carbons (Fsp3) is 0.857. The maximum absolute atomic E-state index is 11.9. The second-order valence-electron chi connectivity index (χ2n) is 5.96. The molecule has 0 aliphatic heterocycles. The molecule has 1 fully saturated rings. The van der Waals surface area contributed by atoms with E-state index in [9.17, 15) is 9.59 Å². The lowest BCUT2D eigenvalue weighted by atomic mass is 10.2. The number of alkyl carbamates (subject to hydrolysis) is 1. The molecule has 1 rings (SSSR count). The summed E-state index contributed by atoms with van der Waals surface area (Å²) in [6.45, 7) is 8.56. The summed E-state index contributed by atoms with van der Waals surface area (Å²) in [6.07, 6.45) is 1.51. The Kier molecular flexibility index (Phi) is 5.80. The first-order chi connectivity index (χ1) is 9.29. The summed E-state index contributed by atoms with van der Waals surface area (Å²) in [5.41, 5.74) is -1.48. The third-order valence-electron chi connectivity index (χ3n) is 2.69. The van der Waals surface area contributed by atoms with Crippen molar-refractivity contribution in [1.82, 2.24) is 5.32 Å². The van der Waals surface area contributed by atoms with E-state index in [2.05, 4.69) is 5.32 Å². The van der Waals surface area contributed by atoms with Crippen molar-refractivity contribution in [3.8, 4) is 0 Å². The molecule has 6 heteroatoms. The molecule has 1 saturated carbocycles. The molecule has 6 nitrogen and oxygen atoms in total. The summed E-state index contributed by atoms with van der Waals surface area (Å²) in [6, 6.07) is 0. The molecule has 1 amide bonds. The van der Waals surface area contributed by atoms with Gasteiger partial charge >= 0.3 is 12.1 Å². The lowest BCUT2D eigenvalue weighted by molar-refractivity contribution is -0.149. The Bertz CT molecular complexity index is 344. The molecule has 0 unspecified atom stereocenters. The fourth-order valence-corrected chi connectivity index (χ4v) is 1.58. The van der Waals surface area contributed by atoms with E-state index in [1.807, 2.05) is 6.92 Å². The minimum atomic E-state index is -0.896. The van der Waals surface area contributed by atoms with Crippen LogP contribution in [-0.2, 0) is 19.0 Å². The van der Waals surface area contributed by atoms with E-state index in [4.69, 9.17) is 14.2 Å². The van der Waals surface area contributed by atoms with Crippen LogP contribution in [0, 0.1) is 0 Å². The van der Waals surface area contributed by atoms with Crippen molar-refractivity contribution in [3.05, 3.63) is 0 Å². The molecule has 1 aliphatic rings. The number of rotatable bonds is 7. The number of hydrogen-bond donors (Lipinski definition) is 1.